The fourth-order valence-corrected chi connectivity index (χ4v) is 4.46. The van der Waals surface area contributed by atoms with Crippen LogP contribution < -0.4 is 5.32 Å². The molecule has 6 heteroatoms. The number of amides is 2. The van der Waals surface area contributed by atoms with E-state index in [4.69, 9.17) is 0 Å². The maximum absolute atomic E-state index is 12.3. The zero-order valence-corrected chi connectivity index (χ0v) is 15.7. The number of nitrogens with zero attached hydrogens (tertiary/aromatic N) is 2. The molecule has 0 radical (unpaired) electrons. The van der Waals surface area contributed by atoms with E-state index >= 15 is 0 Å². The highest BCUT2D eigenvalue weighted by Crippen LogP contribution is 2.28. The Labute approximate surface area is 154 Å². The first-order valence-corrected chi connectivity index (χ1v) is 10.5. The summed E-state index contributed by atoms with van der Waals surface area (Å²) in [4.78, 5) is 28.6. The number of carbonyl (C=O) groups is 2. The third kappa shape index (κ3) is 5.54. The number of nitrogens with one attached hydrogen (secondary N) is 1. The van der Waals surface area contributed by atoms with Crippen molar-refractivity contribution in [2.45, 2.75) is 38.5 Å². The molecule has 1 N–H and O–H groups in total. The summed E-state index contributed by atoms with van der Waals surface area (Å²) >= 11 is 1.54. The molecule has 2 heterocycles. The molecule has 1 aromatic heterocycles. The van der Waals surface area contributed by atoms with Crippen molar-refractivity contribution in [1.29, 1.82) is 0 Å². The van der Waals surface area contributed by atoms with Gasteiger partial charge in [0, 0.05) is 56.6 Å². The smallest absolute Gasteiger partial charge is 0.252 e. The normalized spacial score (nSPS) is 19.3. The van der Waals surface area contributed by atoms with Gasteiger partial charge >= 0.3 is 0 Å². The summed E-state index contributed by atoms with van der Waals surface area (Å²) in [5, 5.41) is 6.74. The molecule has 5 nitrogen and oxygen atoms in total. The van der Waals surface area contributed by atoms with Gasteiger partial charge in [0.2, 0.25) is 5.91 Å². The first-order chi connectivity index (χ1) is 12.2. The van der Waals surface area contributed by atoms with Crippen molar-refractivity contribution in [2.75, 3.05) is 39.3 Å². The van der Waals surface area contributed by atoms with Crippen LogP contribution in [0.2, 0.25) is 0 Å². The molecule has 0 bridgehead atoms. The minimum Gasteiger partial charge on any atom is -0.351 e. The van der Waals surface area contributed by atoms with Crippen molar-refractivity contribution >= 4 is 23.2 Å². The lowest BCUT2D eigenvalue weighted by molar-refractivity contribution is -0.133. The van der Waals surface area contributed by atoms with Gasteiger partial charge in [0.1, 0.15) is 0 Å². The van der Waals surface area contributed by atoms with Crippen molar-refractivity contribution in [3.05, 3.63) is 22.4 Å². The lowest BCUT2D eigenvalue weighted by Crippen LogP contribution is -2.50. The number of piperazine rings is 1. The molecule has 1 aliphatic carbocycles. The average Bonchev–Trinajstić information content (AvgIpc) is 3.34. The number of hydrogen-bond donors (Lipinski definition) is 1. The van der Waals surface area contributed by atoms with Crippen LogP contribution in [0.15, 0.2) is 16.8 Å². The van der Waals surface area contributed by atoms with Crippen molar-refractivity contribution in [2.24, 2.45) is 5.92 Å². The van der Waals surface area contributed by atoms with Crippen molar-refractivity contribution in [3.8, 4) is 0 Å². The van der Waals surface area contributed by atoms with E-state index in [0.717, 1.165) is 57.0 Å². The molecule has 0 atom stereocenters. The van der Waals surface area contributed by atoms with Crippen LogP contribution in [0.3, 0.4) is 0 Å². The minimum absolute atomic E-state index is 0.00183. The van der Waals surface area contributed by atoms with Crippen molar-refractivity contribution in [1.82, 2.24) is 15.1 Å². The Bertz CT molecular complexity index is 547. The highest BCUT2D eigenvalue weighted by Gasteiger charge is 2.22. The maximum atomic E-state index is 12.3. The summed E-state index contributed by atoms with van der Waals surface area (Å²) in [6.45, 7) is 4.96. The number of carbonyl (C=O) groups excluding carboxylic acids is 2. The third-order valence-corrected chi connectivity index (χ3v) is 6.15. The fraction of sp³-hybridized carbons (Fsp3) is 0.684. The molecule has 25 heavy (non-hydrogen) atoms. The lowest BCUT2D eigenvalue weighted by atomic mass is 10.0. The van der Waals surface area contributed by atoms with Gasteiger partial charge in [0.25, 0.3) is 5.91 Å². The third-order valence-electron chi connectivity index (χ3n) is 5.46. The Morgan fingerprint density at radius 2 is 1.92 bits per heavy atom. The number of thiophene rings is 1. The van der Waals surface area contributed by atoms with Crippen LogP contribution in [0.25, 0.3) is 0 Å². The standard InChI is InChI=1S/C19H29N3O2S/c23-18(6-5-16-3-1-2-4-16)22-12-10-21(11-13-22)9-8-20-19(24)17-7-14-25-15-17/h7,14-16H,1-6,8-13H2,(H,20,24). The largest absolute Gasteiger partial charge is 0.351 e. The van der Waals surface area contributed by atoms with Gasteiger partial charge in [-0.3, -0.25) is 14.5 Å². The molecule has 2 fully saturated rings. The second kappa shape index (κ2) is 9.34. The van der Waals surface area contributed by atoms with Crippen molar-refractivity contribution < 1.29 is 9.59 Å². The van der Waals surface area contributed by atoms with Gasteiger partial charge < -0.3 is 10.2 Å². The second-order valence-corrected chi connectivity index (χ2v) is 7.96. The van der Waals surface area contributed by atoms with Crippen molar-refractivity contribution in [3.63, 3.8) is 0 Å². The summed E-state index contributed by atoms with van der Waals surface area (Å²) in [6.07, 6.45) is 7.13. The van der Waals surface area contributed by atoms with Gasteiger partial charge in [-0.15, -0.1) is 0 Å². The first-order valence-electron chi connectivity index (χ1n) is 9.53. The summed E-state index contributed by atoms with van der Waals surface area (Å²) in [6, 6.07) is 1.84. The molecule has 0 aromatic carbocycles. The van der Waals surface area contributed by atoms with Crippen LogP contribution in [-0.4, -0.2) is 60.9 Å². The van der Waals surface area contributed by atoms with E-state index in [0.29, 0.717) is 12.5 Å². The lowest BCUT2D eigenvalue weighted by Gasteiger charge is -2.35. The molecule has 2 amide bonds. The average molecular weight is 364 g/mol. The van der Waals surface area contributed by atoms with Crippen LogP contribution in [0, 0.1) is 5.92 Å². The Kier molecular flexibility index (Phi) is 6.87. The molecule has 3 rings (SSSR count). The summed E-state index contributed by atoms with van der Waals surface area (Å²) < 4.78 is 0. The fourth-order valence-electron chi connectivity index (χ4n) is 3.83. The van der Waals surface area contributed by atoms with E-state index in [9.17, 15) is 9.59 Å². The van der Waals surface area contributed by atoms with E-state index in [-0.39, 0.29) is 5.91 Å². The van der Waals surface area contributed by atoms with E-state index in [1.54, 1.807) is 0 Å². The maximum Gasteiger partial charge on any atom is 0.252 e. The Morgan fingerprint density at radius 3 is 2.60 bits per heavy atom. The molecule has 0 unspecified atom stereocenters. The number of hydrogen-bond acceptors (Lipinski definition) is 4. The van der Waals surface area contributed by atoms with E-state index in [2.05, 4.69) is 10.2 Å². The molecule has 138 valence electrons. The van der Waals surface area contributed by atoms with Gasteiger partial charge in [-0.05, 0) is 23.8 Å². The predicted octanol–water partition coefficient (Wildman–Crippen LogP) is 2.59. The molecule has 2 aliphatic rings. The van der Waals surface area contributed by atoms with Gasteiger partial charge in [0.15, 0.2) is 0 Å². The van der Waals surface area contributed by atoms with E-state index < -0.39 is 0 Å². The highest BCUT2D eigenvalue weighted by atomic mass is 32.1. The molecule has 1 saturated carbocycles. The van der Waals surface area contributed by atoms with Gasteiger partial charge in [-0.25, -0.2) is 0 Å². The summed E-state index contributed by atoms with van der Waals surface area (Å²) in [5.41, 5.74) is 0.739. The minimum atomic E-state index is 0.00183. The van der Waals surface area contributed by atoms with Gasteiger partial charge in [0.05, 0.1) is 0 Å². The first kappa shape index (κ1) is 18.4. The molecule has 1 saturated heterocycles. The molecule has 0 spiro atoms. The highest BCUT2D eigenvalue weighted by molar-refractivity contribution is 7.08. The SMILES string of the molecule is O=C(NCCN1CCN(C(=O)CCC2CCCC2)CC1)c1ccsc1. The van der Waals surface area contributed by atoms with Crippen LogP contribution in [0.4, 0.5) is 0 Å². The van der Waals surface area contributed by atoms with Gasteiger partial charge in [-0.1, -0.05) is 25.7 Å². The van der Waals surface area contributed by atoms with E-state index in [1.165, 1.54) is 37.0 Å². The summed E-state index contributed by atoms with van der Waals surface area (Å²) in [7, 11) is 0. The van der Waals surface area contributed by atoms with Crippen LogP contribution in [-0.2, 0) is 4.79 Å². The molecule has 1 aliphatic heterocycles. The molecular formula is C19H29N3O2S. The predicted molar refractivity (Wildman–Crippen MR) is 101 cm³/mol. The topological polar surface area (TPSA) is 52.7 Å². The van der Waals surface area contributed by atoms with E-state index in [1.807, 2.05) is 21.7 Å². The summed E-state index contributed by atoms with van der Waals surface area (Å²) in [5.74, 6) is 1.12. The zero-order valence-electron chi connectivity index (χ0n) is 14.9. The molecular weight excluding hydrogens is 334 g/mol. The quantitative estimate of drug-likeness (QED) is 0.810. The monoisotopic (exact) mass is 363 g/mol. The van der Waals surface area contributed by atoms with Gasteiger partial charge in [-0.2, -0.15) is 11.3 Å². The Balaban J connectivity index is 1.29. The van der Waals surface area contributed by atoms with Crippen LogP contribution >= 0.6 is 11.3 Å². The number of rotatable bonds is 7. The van der Waals surface area contributed by atoms with Crippen LogP contribution in [0.5, 0.6) is 0 Å². The van der Waals surface area contributed by atoms with Crippen LogP contribution in [0.1, 0.15) is 48.9 Å². The Morgan fingerprint density at radius 1 is 1.16 bits per heavy atom. The molecule has 1 aromatic rings. The second-order valence-electron chi connectivity index (χ2n) is 7.18. The Hall–Kier alpha value is -1.40. The zero-order chi connectivity index (χ0) is 17.5.